The zero-order valence-corrected chi connectivity index (χ0v) is 11.3. The van der Waals surface area contributed by atoms with Gasteiger partial charge in [0.2, 0.25) is 11.2 Å². The Kier molecular flexibility index (Phi) is 4.18. The fourth-order valence-corrected chi connectivity index (χ4v) is 1.69. The van der Waals surface area contributed by atoms with Gasteiger partial charge in [0.05, 0.1) is 12.8 Å². The summed E-state index contributed by atoms with van der Waals surface area (Å²) in [5.41, 5.74) is 1.27. The van der Waals surface area contributed by atoms with Crippen LogP contribution in [-0.4, -0.2) is 23.0 Å². The van der Waals surface area contributed by atoms with E-state index in [1.807, 2.05) is 0 Å². The van der Waals surface area contributed by atoms with Crippen LogP contribution in [0.1, 0.15) is 15.9 Å². The van der Waals surface area contributed by atoms with Gasteiger partial charge in [-0.2, -0.15) is 4.98 Å². The van der Waals surface area contributed by atoms with Crippen LogP contribution in [0, 0.1) is 12.3 Å². The van der Waals surface area contributed by atoms with E-state index in [0.717, 1.165) is 0 Å². The van der Waals surface area contributed by atoms with Crippen molar-refractivity contribution in [1.29, 1.82) is 0 Å². The molecule has 1 aromatic carbocycles. The van der Waals surface area contributed by atoms with Gasteiger partial charge in [0.15, 0.2) is 0 Å². The van der Waals surface area contributed by atoms with Gasteiger partial charge in [0, 0.05) is 11.8 Å². The molecule has 0 radical (unpaired) electrons. The molecule has 0 aliphatic heterocycles. The van der Waals surface area contributed by atoms with E-state index in [9.17, 15) is 4.79 Å². The zero-order valence-electron chi connectivity index (χ0n) is 10.6. The number of carbonyl (C=O) groups is 1. The lowest BCUT2D eigenvalue weighted by molar-refractivity contribution is 0.102. The van der Waals surface area contributed by atoms with E-state index in [-0.39, 0.29) is 16.7 Å². The van der Waals surface area contributed by atoms with Gasteiger partial charge >= 0.3 is 0 Å². The molecule has 0 fully saturated rings. The Hall–Kier alpha value is -2.58. The van der Waals surface area contributed by atoms with E-state index < -0.39 is 5.91 Å². The summed E-state index contributed by atoms with van der Waals surface area (Å²) in [5.74, 6) is 2.16. The predicted molar refractivity (Wildman–Crippen MR) is 75.9 cm³/mol. The molecule has 5 nitrogen and oxygen atoms in total. The van der Waals surface area contributed by atoms with Crippen LogP contribution >= 0.6 is 11.6 Å². The number of hydrogen-bond donors (Lipinski definition) is 1. The standard InChI is InChI=1S/C14H10ClN3O2/c1-3-9-6-4-5-7-11(9)17-12(19)10-8-16-14(15)18-13(10)20-2/h1,4-8H,2H3,(H,17,19). The van der Waals surface area contributed by atoms with Gasteiger partial charge in [-0.05, 0) is 23.7 Å². The highest BCUT2D eigenvalue weighted by Crippen LogP contribution is 2.19. The Balaban J connectivity index is 2.31. The maximum Gasteiger partial charge on any atom is 0.262 e. The van der Waals surface area contributed by atoms with Crippen LogP contribution in [0.15, 0.2) is 30.5 Å². The maximum absolute atomic E-state index is 12.2. The van der Waals surface area contributed by atoms with E-state index in [1.54, 1.807) is 24.3 Å². The SMILES string of the molecule is C#Cc1ccccc1NC(=O)c1cnc(Cl)nc1OC. The molecule has 20 heavy (non-hydrogen) atoms. The molecule has 0 spiro atoms. The molecule has 0 saturated heterocycles. The molecule has 1 amide bonds. The second-order valence-corrected chi connectivity index (χ2v) is 4.04. The quantitative estimate of drug-likeness (QED) is 0.695. The maximum atomic E-state index is 12.2. The van der Waals surface area contributed by atoms with E-state index in [1.165, 1.54) is 13.3 Å². The van der Waals surface area contributed by atoms with Crippen molar-refractivity contribution in [2.45, 2.75) is 0 Å². The minimum absolute atomic E-state index is 0.00225. The zero-order chi connectivity index (χ0) is 14.5. The second-order valence-electron chi connectivity index (χ2n) is 3.71. The van der Waals surface area contributed by atoms with Crippen LogP contribution in [0.3, 0.4) is 0 Å². The molecule has 0 aliphatic carbocycles. The first-order chi connectivity index (χ1) is 9.65. The van der Waals surface area contributed by atoms with Crippen LogP contribution in [0.4, 0.5) is 5.69 Å². The Bertz CT molecular complexity index is 695. The number of anilines is 1. The van der Waals surface area contributed by atoms with Crippen LogP contribution < -0.4 is 10.1 Å². The highest BCUT2D eigenvalue weighted by Gasteiger charge is 2.16. The fraction of sp³-hybridized carbons (Fsp3) is 0.0714. The van der Waals surface area contributed by atoms with Gasteiger partial charge in [-0.3, -0.25) is 4.79 Å². The average Bonchev–Trinajstić information content (AvgIpc) is 2.47. The summed E-state index contributed by atoms with van der Waals surface area (Å²) in [6.45, 7) is 0. The largest absolute Gasteiger partial charge is 0.480 e. The second kappa shape index (κ2) is 6.04. The average molecular weight is 288 g/mol. The molecule has 0 bridgehead atoms. The lowest BCUT2D eigenvalue weighted by Crippen LogP contribution is -2.15. The Morgan fingerprint density at radius 3 is 2.90 bits per heavy atom. The van der Waals surface area contributed by atoms with E-state index in [2.05, 4.69) is 21.2 Å². The van der Waals surface area contributed by atoms with Crippen molar-refractivity contribution in [3.05, 3.63) is 46.9 Å². The molecule has 0 atom stereocenters. The van der Waals surface area contributed by atoms with Crippen molar-refractivity contribution in [3.8, 4) is 18.2 Å². The number of rotatable bonds is 3. The first kappa shape index (κ1) is 13.8. The molecular weight excluding hydrogens is 278 g/mol. The summed E-state index contributed by atoms with van der Waals surface area (Å²) in [6.07, 6.45) is 6.67. The van der Waals surface area contributed by atoms with Gasteiger partial charge in [-0.1, -0.05) is 18.1 Å². The van der Waals surface area contributed by atoms with Crippen LogP contribution in [0.5, 0.6) is 5.88 Å². The number of terminal acetylenes is 1. The minimum Gasteiger partial charge on any atom is -0.480 e. The molecule has 0 saturated carbocycles. The van der Waals surface area contributed by atoms with Crippen molar-refractivity contribution in [3.63, 3.8) is 0 Å². The summed E-state index contributed by atoms with van der Waals surface area (Å²) >= 11 is 5.65. The summed E-state index contributed by atoms with van der Waals surface area (Å²) in [5, 5.41) is 2.69. The normalized spacial score (nSPS) is 9.65. The number of ether oxygens (including phenoxy) is 1. The van der Waals surface area contributed by atoms with Gasteiger partial charge in [0.1, 0.15) is 5.56 Å². The Morgan fingerprint density at radius 1 is 1.45 bits per heavy atom. The van der Waals surface area contributed by atoms with Crippen LogP contribution in [0.25, 0.3) is 0 Å². The van der Waals surface area contributed by atoms with Crippen LogP contribution in [0.2, 0.25) is 5.28 Å². The monoisotopic (exact) mass is 287 g/mol. The van der Waals surface area contributed by atoms with Gasteiger partial charge in [0.25, 0.3) is 5.91 Å². The molecule has 2 rings (SSSR count). The number of nitrogens with zero attached hydrogens (tertiary/aromatic N) is 2. The minimum atomic E-state index is -0.429. The van der Waals surface area contributed by atoms with E-state index in [4.69, 9.17) is 22.8 Å². The third-order valence-electron chi connectivity index (χ3n) is 2.49. The topological polar surface area (TPSA) is 64.1 Å². The molecule has 0 aliphatic rings. The van der Waals surface area contributed by atoms with E-state index in [0.29, 0.717) is 11.3 Å². The number of amides is 1. The number of nitrogens with one attached hydrogen (secondary N) is 1. The highest BCUT2D eigenvalue weighted by atomic mass is 35.5. The molecule has 0 unspecified atom stereocenters. The number of para-hydroxylation sites is 1. The Labute approximate surface area is 121 Å². The number of benzene rings is 1. The van der Waals surface area contributed by atoms with Gasteiger partial charge in [-0.15, -0.1) is 6.42 Å². The number of methoxy groups -OCH3 is 1. The first-order valence-electron chi connectivity index (χ1n) is 5.59. The fourth-order valence-electron chi connectivity index (χ4n) is 1.56. The van der Waals surface area contributed by atoms with Crippen molar-refractivity contribution in [2.75, 3.05) is 12.4 Å². The van der Waals surface area contributed by atoms with Crippen molar-refractivity contribution < 1.29 is 9.53 Å². The molecule has 1 aromatic heterocycles. The number of hydrogen-bond acceptors (Lipinski definition) is 4. The number of carbonyl (C=O) groups excluding carboxylic acids is 1. The molecular formula is C14H10ClN3O2. The van der Waals surface area contributed by atoms with Crippen LogP contribution in [-0.2, 0) is 0 Å². The smallest absolute Gasteiger partial charge is 0.262 e. The molecule has 1 heterocycles. The van der Waals surface area contributed by atoms with Gasteiger partial charge in [-0.25, -0.2) is 4.98 Å². The summed E-state index contributed by atoms with van der Waals surface area (Å²) < 4.78 is 5.00. The number of aromatic nitrogens is 2. The highest BCUT2D eigenvalue weighted by molar-refractivity contribution is 6.28. The lowest BCUT2D eigenvalue weighted by Gasteiger charge is -2.09. The summed E-state index contributed by atoms with van der Waals surface area (Å²) in [6, 6.07) is 6.99. The van der Waals surface area contributed by atoms with Crippen molar-refractivity contribution >= 4 is 23.2 Å². The predicted octanol–water partition coefficient (Wildman–Crippen LogP) is 2.37. The first-order valence-corrected chi connectivity index (χ1v) is 5.97. The summed E-state index contributed by atoms with van der Waals surface area (Å²) in [4.78, 5) is 19.8. The lowest BCUT2D eigenvalue weighted by atomic mass is 10.2. The van der Waals surface area contributed by atoms with Crippen molar-refractivity contribution in [2.24, 2.45) is 0 Å². The van der Waals surface area contributed by atoms with E-state index >= 15 is 0 Å². The third kappa shape index (κ3) is 2.87. The summed E-state index contributed by atoms with van der Waals surface area (Å²) in [7, 11) is 1.39. The van der Waals surface area contributed by atoms with Crippen molar-refractivity contribution in [1.82, 2.24) is 9.97 Å². The molecule has 100 valence electrons. The third-order valence-corrected chi connectivity index (χ3v) is 2.68. The molecule has 1 N–H and O–H groups in total. The molecule has 2 aromatic rings. The number of halogens is 1. The Morgan fingerprint density at radius 2 is 2.20 bits per heavy atom. The molecule has 6 heteroatoms. The van der Waals surface area contributed by atoms with Gasteiger partial charge < -0.3 is 10.1 Å².